The number of Topliss-reactive ketones (excluding diaryl/α,β-unsaturated/α-hetero) is 1. The summed E-state index contributed by atoms with van der Waals surface area (Å²) in [5.41, 5.74) is 1.15. The van der Waals surface area contributed by atoms with E-state index in [1.165, 1.54) is 6.92 Å². The number of hydrogen-bond donors (Lipinski definition) is 1. The zero-order valence-corrected chi connectivity index (χ0v) is 12.9. The molecule has 0 bridgehead atoms. The minimum absolute atomic E-state index is 0.0308. The Morgan fingerprint density at radius 3 is 2.27 bits per heavy atom. The van der Waals surface area contributed by atoms with E-state index in [1.807, 2.05) is 0 Å². The van der Waals surface area contributed by atoms with Gasteiger partial charge in [0.2, 0.25) is 0 Å². The lowest BCUT2D eigenvalue weighted by atomic mass is 10.1. The van der Waals surface area contributed by atoms with Gasteiger partial charge in [-0.15, -0.1) is 0 Å². The summed E-state index contributed by atoms with van der Waals surface area (Å²) in [6.07, 6.45) is 2.95. The number of hydrogen-bond acceptors (Lipinski definition) is 4. The molecule has 0 spiro atoms. The summed E-state index contributed by atoms with van der Waals surface area (Å²) in [6.45, 7) is 3.05. The van der Waals surface area contributed by atoms with Gasteiger partial charge in [-0.2, -0.15) is 0 Å². The Kier molecular flexibility index (Phi) is 5.31. The highest BCUT2D eigenvalue weighted by molar-refractivity contribution is 5.97. The Morgan fingerprint density at radius 2 is 1.73 bits per heavy atom. The number of anilines is 1. The molecule has 5 heteroatoms. The van der Waals surface area contributed by atoms with E-state index in [2.05, 4.69) is 5.32 Å². The molecule has 1 saturated carbocycles. The Balaban J connectivity index is 1.87. The predicted molar refractivity (Wildman–Crippen MR) is 82.6 cm³/mol. The molecule has 1 aromatic carbocycles. The maximum atomic E-state index is 12.0. The summed E-state index contributed by atoms with van der Waals surface area (Å²) in [5.74, 6) is -0.754. The van der Waals surface area contributed by atoms with Crippen LogP contribution in [-0.4, -0.2) is 23.8 Å². The van der Waals surface area contributed by atoms with Gasteiger partial charge in [-0.05, 0) is 51.0 Å². The second-order valence-corrected chi connectivity index (χ2v) is 5.68. The van der Waals surface area contributed by atoms with Crippen LogP contribution in [0.15, 0.2) is 24.3 Å². The van der Waals surface area contributed by atoms with Gasteiger partial charge in [-0.1, -0.05) is 12.8 Å². The molecule has 1 N–H and O–H groups in total. The standard InChI is InChI=1S/C17H21NO4/c1-11(19)13-7-9-15(10-8-13)18-16(20)12(2)22-17(21)14-5-3-4-6-14/h7-10,12,14H,3-6H2,1-2H3,(H,18,20)/t12-/m1/s1. The van der Waals surface area contributed by atoms with Crippen LogP contribution in [0.1, 0.15) is 49.9 Å². The summed E-state index contributed by atoms with van der Waals surface area (Å²) >= 11 is 0. The van der Waals surface area contributed by atoms with Crippen molar-refractivity contribution in [3.63, 3.8) is 0 Å². The van der Waals surface area contributed by atoms with Gasteiger partial charge in [0.25, 0.3) is 5.91 Å². The van der Waals surface area contributed by atoms with Crippen molar-refractivity contribution >= 4 is 23.3 Å². The molecule has 1 aromatic rings. The molecule has 5 nitrogen and oxygen atoms in total. The summed E-state index contributed by atoms with van der Waals surface area (Å²) in [6, 6.07) is 6.60. The van der Waals surface area contributed by atoms with Crippen molar-refractivity contribution in [3.05, 3.63) is 29.8 Å². The Hall–Kier alpha value is -2.17. The van der Waals surface area contributed by atoms with Crippen LogP contribution >= 0.6 is 0 Å². The topological polar surface area (TPSA) is 72.5 Å². The molecule has 22 heavy (non-hydrogen) atoms. The molecular weight excluding hydrogens is 282 g/mol. The molecule has 0 aromatic heterocycles. The Morgan fingerprint density at radius 1 is 1.14 bits per heavy atom. The van der Waals surface area contributed by atoms with Gasteiger partial charge in [-0.3, -0.25) is 14.4 Å². The summed E-state index contributed by atoms with van der Waals surface area (Å²) < 4.78 is 5.23. The van der Waals surface area contributed by atoms with Gasteiger partial charge in [0, 0.05) is 11.3 Å². The zero-order chi connectivity index (χ0) is 16.1. The molecule has 0 saturated heterocycles. The molecular formula is C17H21NO4. The normalized spacial score (nSPS) is 16.1. The van der Waals surface area contributed by atoms with E-state index in [-0.39, 0.29) is 23.6 Å². The zero-order valence-electron chi connectivity index (χ0n) is 12.9. The molecule has 0 heterocycles. The third-order valence-corrected chi connectivity index (χ3v) is 3.91. The van der Waals surface area contributed by atoms with E-state index in [1.54, 1.807) is 31.2 Å². The fourth-order valence-electron chi connectivity index (χ4n) is 2.52. The average Bonchev–Trinajstić information content (AvgIpc) is 3.02. The Bertz CT molecular complexity index is 559. The van der Waals surface area contributed by atoms with Gasteiger partial charge in [-0.25, -0.2) is 0 Å². The molecule has 1 aliphatic carbocycles. The lowest BCUT2D eigenvalue weighted by Crippen LogP contribution is -2.31. The quantitative estimate of drug-likeness (QED) is 0.670. The van der Waals surface area contributed by atoms with E-state index in [4.69, 9.17) is 4.74 Å². The third-order valence-electron chi connectivity index (χ3n) is 3.91. The fraction of sp³-hybridized carbons (Fsp3) is 0.471. The second kappa shape index (κ2) is 7.20. The third kappa shape index (κ3) is 4.16. The number of nitrogens with one attached hydrogen (secondary N) is 1. The molecule has 0 radical (unpaired) electrons. The molecule has 1 aliphatic rings. The van der Waals surface area contributed by atoms with Crippen LogP contribution in [0.5, 0.6) is 0 Å². The predicted octanol–water partition coefficient (Wildman–Crippen LogP) is 2.95. The second-order valence-electron chi connectivity index (χ2n) is 5.68. The number of carbonyl (C=O) groups is 3. The van der Waals surface area contributed by atoms with E-state index < -0.39 is 6.10 Å². The fourth-order valence-corrected chi connectivity index (χ4v) is 2.52. The smallest absolute Gasteiger partial charge is 0.309 e. The van der Waals surface area contributed by atoms with Crippen molar-refractivity contribution in [2.24, 2.45) is 5.92 Å². The van der Waals surface area contributed by atoms with Crippen molar-refractivity contribution in [1.82, 2.24) is 0 Å². The molecule has 2 rings (SSSR count). The molecule has 1 amide bonds. The van der Waals surface area contributed by atoms with Crippen LogP contribution in [0.2, 0.25) is 0 Å². The summed E-state index contributed by atoms with van der Waals surface area (Å²) in [7, 11) is 0. The molecule has 1 atom stereocenters. The Labute approximate surface area is 130 Å². The first kappa shape index (κ1) is 16.2. The van der Waals surface area contributed by atoms with Gasteiger partial charge in [0.15, 0.2) is 11.9 Å². The van der Waals surface area contributed by atoms with Crippen LogP contribution < -0.4 is 5.32 Å². The number of benzene rings is 1. The van der Waals surface area contributed by atoms with Gasteiger partial charge in [0.05, 0.1) is 5.92 Å². The molecule has 1 fully saturated rings. The molecule has 118 valence electrons. The first-order chi connectivity index (χ1) is 10.5. The van der Waals surface area contributed by atoms with Crippen LogP contribution in [0, 0.1) is 5.92 Å². The van der Waals surface area contributed by atoms with E-state index in [9.17, 15) is 14.4 Å². The number of rotatable bonds is 5. The maximum absolute atomic E-state index is 12.0. The molecule has 0 unspecified atom stereocenters. The van der Waals surface area contributed by atoms with E-state index in [0.717, 1.165) is 25.7 Å². The van der Waals surface area contributed by atoms with Gasteiger partial charge >= 0.3 is 5.97 Å². The number of amides is 1. The first-order valence-electron chi connectivity index (χ1n) is 7.59. The monoisotopic (exact) mass is 303 g/mol. The van der Waals surface area contributed by atoms with Gasteiger partial charge in [0.1, 0.15) is 0 Å². The minimum Gasteiger partial charge on any atom is -0.452 e. The highest BCUT2D eigenvalue weighted by Crippen LogP contribution is 2.26. The number of esters is 1. The number of ketones is 1. The van der Waals surface area contributed by atoms with Crippen molar-refractivity contribution in [2.45, 2.75) is 45.6 Å². The van der Waals surface area contributed by atoms with Crippen LogP contribution in [0.25, 0.3) is 0 Å². The van der Waals surface area contributed by atoms with Crippen molar-refractivity contribution < 1.29 is 19.1 Å². The van der Waals surface area contributed by atoms with E-state index >= 15 is 0 Å². The highest BCUT2D eigenvalue weighted by Gasteiger charge is 2.27. The SMILES string of the molecule is CC(=O)c1ccc(NC(=O)[C@@H](C)OC(=O)C2CCCC2)cc1. The van der Waals surface area contributed by atoms with Gasteiger partial charge < -0.3 is 10.1 Å². The van der Waals surface area contributed by atoms with Crippen molar-refractivity contribution in [1.29, 1.82) is 0 Å². The number of carbonyl (C=O) groups excluding carboxylic acids is 3. The highest BCUT2D eigenvalue weighted by atomic mass is 16.5. The first-order valence-corrected chi connectivity index (χ1v) is 7.59. The lowest BCUT2D eigenvalue weighted by Gasteiger charge is -2.16. The summed E-state index contributed by atoms with van der Waals surface area (Å²) in [5, 5.41) is 2.68. The van der Waals surface area contributed by atoms with Crippen LogP contribution in [0.3, 0.4) is 0 Å². The van der Waals surface area contributed by atoms with Crippen LogP contribution in [0.4, 0.5) is 5.69 Å². The molecule has 0 aliphatic heterocycles. The van der Waals surface area contributed by atoms with Crippen molar-refractivity contribution in [3.8, 4) is 0 Å². The maximum Gasteiger partial charge on any atom is 0.309 e. The number of ether oxygens (including phenoxy) is 1. The average molecular weight is 303 g/mol. The summed E-state index contributed by atoms with van der Waals surface area (Å²) in [4.78, 5) is 35.1. The van der Waals surface area contributed by atoms with E-state index in [0.29, 0.717) is 11.3 Å². The van der Waals surface area contributed by atoms with Crippen LogP contribution in [-0.2, 0) is 14.3 Å². The lowest BCUT2D eigenvalue weighted by molar-refractivity contribution is -0.157. The minimum atomic E-state index is -0.833. The largest absolute Gasteiger partial charge is 0.452 e. The van der Waals surface area contributed by atoms with Crippen molar-refractivity contribution in [2.75, 3.05) is 5.32 Å².